The van der Waals surface area contributed by atoms with Gasteiger partial charge in [-0.15, -0.1) is 11.3 Å². The number of Topliss-reactive ketones (excluding diaryl/α,β-unsaturated/α-hetero) is 2. The van der Waals surface area contributed by atoms with Gasteiger partial charge in [0.05, 0.1) is 11.1 Å². The number of ketones is 2. The number of nitrogens with zero attached hydrogens (tertiary/aromatic N) is 2. The standard InChI is InChI=1S/C36H24N2O2S2/c1-36(2)29-16-23(38(22-9-4-3-5-10-22)32-15-12-21-8-6-7-11-31(21)37-32)13-14-25(29)35-30(36)18-24(42-35)17-26-33(39)27-19-41-20-28(27)34(26)40/h3-20H,1-2H3. The van der Waals surface area contributed by atoms with Crippen molar-refractivity contribution in [2.45, 2.75) is 19.3 Å². The number of hydrogen-bond donors (Lipinski definition) is 0. The van der Waals surface area contributed by atoms with Crippen molar-refractivity contribution in [3.8, 4) is 10.4 Å². The SMILES string of the molecule is CC1(C)c2cc(N(c3ccccc3)c3ccc4ccccc4n3)ccc2-c2sc(C=C3C(=O)c4cscc4C3=O)cc21. The third-order valence-corrected chi connectivity index (χ3v) is 10.2. The number of carbonyl (C=O) groups excluding carboxylic acids is 2. The quantitative estimate of drug-likeness (QED) is 0.154. The van der Waals surface area contributed by atoms with E-state index in [1.165, 1.54) is 32.9 Å². The molecule has 4 nitrogen and oxygen atoms in total. The molecule has 0 bridgehead atoms. The van der Waals surface area contributed by atoms with Crippen LogP contribution >= 0.6 is 22.7 Å². The second-order valence-electron chi connectivity index (χ2n) is 11.2. The van der Waals surface area contributed by atoms with Crippen LogP contribution in [0.4, 0.5) is 17.2 Å². The number of fused-ring (bicyclic) bond motifs is 5. The number of hydrogen-bond acceptors (Lipinski definition) is 6. The van der Waals surface area contributed by atoms with Gasteiger partial charge in [0, 0.05) is 53.8 Å². The van der Waals surface area contributed by atoms with E-state index in [1.807, 2.05) is 36.4 Å². The molecule has 0 spiro atoms. The second kappa shape index (κ2) is 9.18. The predicted octanol–water partition coefficient (Wildman–Crippen LogP) is 9.60. The van der Waals surface area contributed by atoms with Gasteiger partial charge in [-0.3, -0.25) is 14.5 Å². The van der Waals surface area contributed by atoms with Gasteiger partial charge >= 0.3 is 0 Å². The Kier molecular flexibility index (Phi) is 5.48. The summed E-state index contributed by atoms with van der Waals surface area (Å²) in [5.41, 5.74) is 7.76. The number of carbonyl (C=O) groups is 2. The molecule has 0 radical (unpaired) electrons. The summed E-state index contributed by atoms with van der Waals surface area (Å²) < 4.78 is 0. The van der Waals surface area contributed by atoms with Crippen LogP contribution in [0.25, 0.3) is 27.4 Å². The van der Waals surface area contributed by atoms with Crippen molar-refractivity contribution < 1.29 is 9.59 Å². The number of aromatic nitrogens is 1. The Labute approximate surface area is 251 Å². The fraction of sp³-hybridized carbons (Fsp3) is 0.0833. The molecular weight excluding hydrogens is 557 g/mol. The van der Waals surface area contributed by atoms with Gasteiger partial charge in [-0.25, -0.2) is 4.98 Å². The topological polar surface area (TPSA) is 50.3 Å². The highest BCUT2D eigenvalue weighted by molar-refractivity contribution is 7.16. The van der Waals surface area contributed by atoms with Crippen molar-refractivity contribution in [1.82, 2.24) is 4.98 Å². The normalized spacial score (nSPS) is 14.7. The summed E-state index contributed by atoms with van der Waals surface area (Å²) in [6, 6.07) is 31.5. The van der Waals surface area contributed by atoms with Crippen LogP contribution in [0.5, 0.6) is 0 Å². The van der Waals surface area contributed by atoms with Gasteiger partial charge in [-0.2, -0.15) is 11.3 Å². The Bertz CT molecular complexity index is 2080. The van der Waals surface area contributed by atoms with Crippen molar-refractivity contribution >= 4 is 68.4 Å². The van der Waals surface area contributed by atoms with E-state index in [0.29, 0.717) is 11.1 Å². The van der Waals surface area contributed by atoms with E-state index in [0.717, 1.165) is 33.0 Å². The van der Waals surface area contributed by atoms with Crippen LogP contribution in [0.2, 0.25) is 0 Å². The van der Waals surface area contributed by atoms with Crippen molar-refractivity contribution in [1.29, 1.82) is 0 Å². The summed E-state index contributed by atoms with van der Waals surface area (Å²) in [5.74, 6) is 0.522. The van der Waals surface area contributed by atoms with Crippen LogP contribution in [-0.2, 0) is 5.41 Å². The van der Waals surface area contributed by atoms with E-state index in [1.54, 1.807) is 28.2 Å². The number of thiophene rings is 2. The van der Waals surface area contributed by atoms with Crippen LogP contribution in [0.15, 0.2) is 107 Å². The van der Waals surface area contributed by atoms with E-state index in [4.69, 9.17) is 4.98 Å². The monoisotopic (exact) mass is 580 g/mol. The predicted molar refractivity (Wildman–Crippen MR) is 173 cm³/mol. The molecule has 6 heteroatoms. The lowest BCUT2D eigenvalue weighted by Crippen LogP contribution is -2.16. The molecule has 8 rings (SSSR count). The number of rotatable bonds is 4. The maximum atomic E-state index is 12.9. The highest BCUT2D eigenvalue weighted by Gasteiger charge is 2.39. The van der Waals surface area contributed by atoms with Gasteiger partial charge in [0.1, 0.15) is 5.82 Å². The van der Waals surface area contributed by atoms with Crippen LogP contribution in [-0.4, -0.2) is 16.6 Å². The van der Waals surface area contributed by atoms with E-state index >= 15 is 0 Å². The molecule has 0 aliphatic heterocycles. The average Bonchev–Trinajstić information content (AvgIpc) is 3.76. The minimum absolute atomic E-state index is 0.169. The average molecular weight is 581 g/mol. The maximum absolute atomic E-state index is 12.9. The summed E-state index contributed by atoms with van der Waals surface area (Å²) in [6.07, 6.45) is 1.78. The zero-order valence-corrected chi connectivity index (χ0v) is 24.6. The molecule has 3 aromatic carbocycles. The summed E-state index contributed by atoms with van der Waals surface area (Å²) >= 11 is 3.04. The molecular formula is C36H24N2O2S2. The first-order valence-corrected chi connectivity index (χ1v) is 15.5. The number of anilines is 3. The Morgan fingerprint density at radius 2 is 1.48 bits per heavy atom. The zero-order valence-electron chi connectivity index (χ0n) is 22.9. The molecule has 2 aliphatic rings. The number of para-hydroxylation sites is 2. The lowest BCUT2D eigenvalue weighted by molar-refractivity contribution is 0.0990. The number of allylic oxidation sites excluding steroid dienone is 1. The van der Waals surface area contributed by atoms with Crippen molar-refractivity contribution in [3.05, 3.63) is 134 Å². The number of pyridine rings is 1. The van der Waals surface area contributed by atoms with Gasteiger partial charge < -0.3 is 0 Å². The number of benzene rings is 3. The Morgan fingerprint density at radius 1 is 0.738 bits per heavy atom. The van der Waals surface area contributed by atoms with E-state index in [9.17, 15) is 9.59 Å². The molecule has 0 N–H and O–H groups in total. The summed E-state index contributed by atoms with van der Waals surface area (Å²) in [7, 11) is 0. The summed E-state index contributed by atoms with van der Waals surface area (Å²) in [6.45, 7) is 4.49. The fourth-order valence-corrected chi connectivity index (χ4v) is 8.27. The Balaban J connectivity index is 1.22. The van der Waals surface area contributed by atoms with Crippen LogP contribution in [0.3, 0.4) is 0 Å². The fourth-order valence-electron chi connectivity index (χ4n) is 6.16. The van der Waals surface area contributed by atoms with Crippen molar-refractivity contribution in [2.75, 3.05) is 4.90 Å². The summed E-state index contributed by atoms with van der Waals surface area (Å²) in [5, 5.41) is 4.65. The third kappa shape index (κ3) is 3.69. The Morgan fingerprint density at radius 3 is 2.26 bits per heavy atom. The minimum Gasteiger partial charge on any atom is -0.295 e. The first-order valence-electron chi connectivity index (χ1n) is 13.8. The van der Waals surface area contributed by atoms with Gasteiger partial charge in [-0.05, 0) is 71.3 Å². The molecule has 0 amide bonds. The van der Waals surface area contributed by atoms with Crippen LogP contribution in [0.1, 0.15) is 50.6 Å². The van der Waals surface area contributed by atoms with E-state index in [2.05, 4.69) is 73.3 Å². The summed E-state index contributed by atoms with van der Waals surface area (Å²) in [4.78, 5) is 35.2. The van der Waals surface area contributed by atoms with E-state index in [-0.39, 0.29) is 22.6 Å². The van der Waals surface area contributed by atoms with Gasteiger partial charge in [0.15, 0.2) is 11.6 Å². The van der Waals surface area contributed by atoms with Crippen LogP contribution in [0, 0.1) is 0 Å². The molecule has 3 aromatic heterocycles. The van der Waals surface area contributed by atoms with Crippen LogP contribution < -0.4 is 4.90 Å². The smallest absolute Gasteiger partial charge is 0.198 e. The third-order valence-electron chi connectivity index (χ3n) is 8.36. The lowest BCUT2D eigenvalue weighted by atomic mass is 9.82. The van der Waals surface area contributed by atoms with Crippen molar-refractivity contribution in [3.63, 3.8) is 0 Å². The first-order chi connectivity index (χ1) is 20.4. The molecule has 202 valence electrons. The van der Waals surface area contributed by atoms with E-state index < -0.39 is 0 Å². The second-order valence-corrected chi connectivity index (χ2v) is 13.0. The highest BCUT2D eigenvalue weighted by atomic mass is 32.1. The Hall–Kier alpha value is -4.65. The molecule has 3 heterocycles. The largest absolute Gasteiger partial charge is 0.295 e. The first kappa shape index (κ1) is 25.1. The molecule has 0 atom stereocenters. The van der Waals surface area contributed by atoms with Gasteiger partial charge in [-0.1, -0.05) is 56.3 Å². The molecule has 2 aliphatic carbocycles. The minimum atomic E-state index is -0.255. The molecule has 6 aromatic rings. The molecule has 42 heavy (non-hydrogen) atoms. The van der Waals surface area contributed by atoms with Crippen molar-refractivity contribution in [2.24, 2.45) is 0 Å². The molecule has 0 saturated heterocycles. The zero-order chi connectivity index (χ0) is 28.6. The molecule has 0 fully saturated rings. The molecule has 0 saturated carbocycles. The maximum Gasteiger partial charge on any atom is 0.198 e. The van der Waals surface area contributed by atoms with Gasteiger partial charge in [0.25, 0.3) is 0 Å². The molecule has 0 unspecified atom stereocenters. The van der Waals surface area contributed by atoms with Gasteiger partial charge in [0.2, 0.25) is 0 Å². The lowest BCUT2D eigenvalue weighted by Gasteiger charge is -2.27. The highest BCUT2D eigenvalue weighted by Crippen LogP contribution is 2.54.